The molecule has 2 aliphatic rings. The molecule has 0 bridgehead atoms. The van der Waals surface area contributed by atoms with Crippen LogP contribution >= 0.6 is 0 Å². The zero-order chi connectivity index (χ0) is 17.1. The molecule has 128 valence electrons. The van der Waals surface area contributed by atoms with Gasteiger partial charge in [-0.25, -0.2) is 9.59 Å². The van der Waals surface area contributed by atoms with Crippen molar-refractivity contribution < 1.29 is 19.5 Å². The highest BCUT2D eigenvalue weighted by Crippen LogP contribution is 2.22. The molecule has 8 heteroatoms. The van der Waals surface area contributed by atoms with Gasteiger partial charge in [0.2, 0.25) is 0 Å². The Hall–Kier alpha value is -2.77. The highest BCUT2D eigenvalue weighted by molar-refractivity contribution is 5.90. The van der Waals surface area contributed by atoms with Gasteiger partial charge in [0.05, 0.1) is 11.3 Å². The molecule has 1 aliphatic heterocycles. The van der Waals surface area contributed by atoms with Gasteiger partial charge in [-0.2, -0.15) is 0 Å². The van der Waals surface area contributed by atoms with E-state index in [1.54, 1.807) is 17.0 Å². The second kappa shape index (κ2) is 6.77. The van der Waals surface area contributed by atoms with Gasteiger partial charge in [0.1, 0.15) is 6.04 Å². The van der Waals surface area contributed by atoms with E-state index in [2.05, 4.69) is 16.2 Å². The molecule has 1 atom stereocenters. The summed E-state index contributed by atoms with van der Waals surface area (Å²) in [6, 6.07) is 5.67. The Bertz CT molecular complexity index is 659. The molecule has 1 aromatic carbocycles. The van der Waals surface area contributed by atoms with Crippen molar-refractivity contribution in [2.45, 2.75) is 37.8 Å². The first-order valence-corrected chi connectivity index (χ1v) is 8.01. The number of rotatable bonds is 5. The number of urea groups is 1. The number of carboxylic acids is 1. The zero-order valence-electron chi connectivity index (χ0n) is 13.1. The van der Waals surface area contributed by atoms with Gasteiger partial charge in [-0.15, -0.1) is 0 Å². The van der Waals surface area contributed by atoms with Gasteiger partial charge in [-0.1, -0.05) is 6.07 Å². The molecular weight excluding hydrogens is 312 g/mol. The number of likely N-dealkylation sites (tertiary alicyclic amines) is 1. The second-order valence-corrected chi connectivity index (χ2v) is 6.08. The van der Waals surface area contributed by atoms with E-state index in [1.807, 2.05) is 0 Å². The van der Waals surface area contributed by atoms with E-state index in [-0.39, 0.29) is 23.5 Å². The highest BCUT2D eigenvalue weighted by Gasteiger charge is 2.36. The van der Waals surface area contributed by atoms with Gasteiger partial charge in [0.15, 0.2) is 0 Å². The van der Waals surface area contributed by atoms with E-state index < -0.39 is 12.0 Å². The van der Waals surface area contributed by atoms with Gasteiger partial charge < -0.3 is 15.3 Å². The second-order valence-electron chi connectivity index (χ2n) is 6.08. The topological polar surface area (TPSA) is 111 Å². The number of nitrogens with one attached hydrogen (secondary N) is 3. The van der Waals surface area contributed by atoms with E-state index in [0.717, 1.165) is 19.3 Å². The molecule has 24 heavy (non-hydrogen) atoms. The van der Waals surface area contributed by atoms with Gasteiger partial charge in [-0.3, -0.25) is 15.6 Å². The molecule has 0 radical (unpaired) electrons. The Morgan fingerprint density at radius 1 is 1.17 bits per heavy atom. The fourth-order valence-electron chi connectivity index (χ4n) is 2.71. The predicted molar refractivity (Wildman–Crippen MR) is 86.4 cm³/mol. The maximum atomic E-state index is 12.3. The van der Waals surface area contributed by atoms with E-state index in [0.29, 0.717) is 18.7 Å². The van der Waals surface area contributed by atoms with Crippen LogP contribution in [-0.2, 0) is 4.79 Å². The highest BCUT2D eigenvalue weighted by atomic mass is 16.4. The van der Waals surface area contributed by atoms with Crippen LogP contribution in [0.25, 0.3) is 0 Å². The van der Waals surface area contributed by atoms with E-state index in [4.69, 9.17) is 5.11 Å². The van der Waals surface area contributed by atoms with E-state index in [1.165, 1.54) is 12.1 Å². The fraction of sp³-hybridized carbons (Fsp3) is 0.438. The Morgan fingerprint density at radius 3 is 2.67 bits per heavy atom. The lowest BCUT2D eigenvalue weighted by Gasteiger charge is -2.24. The van der Waals surface area contributed by atoms with Crippen LogP contribution in [0.15, 0.2) is 24.3 Å². The number of amides is 3. The average Bonchev–Trinajstić information content (AvgIpc) is 3.24. The van der Waals surface area contributed by atoms with Crippen LogP contribution in [0.2, 0.25) is 0 Å². The van der Waals surface area contributed by atoms with Gasteiger partial charge in [0.25, 0.3) is 5.91 Å². The van der Waals surface area contributed by atoms with Crippen molar-refractivity contribution in [3.05, 3.63) is 29.8 Å². The molecule has 4 N–H and O–H groups in total. The Balaban J connectivity index is 1.56. The summed E-state index contributed by atoms with van der Waals surface area (Å²) < 4.78 is 0. The third-order valence-electron chi connectivity index (χ3n) is 4.16. The summed E-state index contributed by atoms with van der Waals surface area (Å²) in [5, 5.41) is 11.9. The lowest BCUT2D eigenvalue weighted by molar-refractivity contribution is -0.124. The standard InChI is InChI=1S/C16H20N4O4/c21-14(19-18-12-4-1-3-10(9-12)15(22)23)13-5-2-8-20(13)16(24)17-11-6-7-11/h1,3-4,9,11,13,18H,2,5-8H2,(H,17,24)(H,19,21)(H,22,23)/t13-/m0/s1. The Labute approximate surface area is 139 Å². The largest absolute Gasteiger partial charge is 0.478 e. The van der Waals surface area contributed by atoms with Gasteiger partial charge in [-0.05, 0) is 43.9 Å². The van der Waals surface area contributed by atoms with Crippen LogP contribution in [0.1, 0.15) is 36.0 Å². The SMILES string of the molecule is O=C(O)c1cccc(NNC(=O)[C@@H]2CCCN2C(=O)NC2CC2)c1. The van der Waals surface area contributed by atoms with Crippen molar-refractivity contribution in [3.8, 4) is 0 Å². The first kappa shape index (κ1) is 16.1. The van der Waals surface area contributed by atoms with Crippen LogP contribution in [0.3, 0.4) is 0 Å². The van der Waals surface area contributed by atoms with Crippen molar-refractivity contribution >= 4 is 23.6 Å². The molecule has 8 nitrogen and oxygen atoms in total. The number of hydrogen-bond acceptors (Lipinski definition) is 4. The number of nitrogens with zero attached hydrogens (tertiary/aromatic N) is 1. The summed E-state index contributed by atoms with van der Waals surface area (Å²) in [6.07, 6.45) is 3.39. The summed E-state index contributed by atoms with van der Waals surface area (Å²) in [5.74, 6) is -1.34. The quantitative estimate of drug-likeness (QED) is 0.605. The summed E-state index contributed by atoms with van der Waals surface area (Å²) >= 11 is 0. The molecule has 1 saturated carbocycles. The lowest BCUT2D eigenvalue weighted by atomic mass is 10.2. The number of hydrogen-bond donors (Lipinski definition) is 4. The molecule has 2 fully saturated rings. The third kappa shape index (κ3) is 3.76. The number of anilines is 1. The molecule has 3 amide bonds. The molecule has 3 rings (SSSR count). The van der Waals surface area contributed by atoms with Crippen molar-refractivity contribution in [1.29, 1.82) is 0 Å². The normalized spacial score (nSPS) is 19.7. The minimum Gasteiger partial charge on any atom is -0.478 e. The van der Waals surface area contributed by atoms with Crippen LogP contribution in [0.5, 0.6) is 0 Å². The van der Waals surface area contributed by atoms with Crippen LogP contribution < -0.4 is 16.2 Å². The van der Waals surface area contributed by atoms with Crippen molar-refractivity contribution in [2.24, 2.45) is 0 Å². The van der Waals surface area contributed by atoms with Crippen LogP contribution in [0, 0.1) is 0 Å². The maximum Gasteiger partial charge on any atom is 0.335 e. The minimum absolute atomic E-state index is 0.126. The van der Waals surface area contributed by atoms with Gasteiger partial charge >= 0.3 is 12.0 Å². The first-order chi connectivity index (χ1) is 11.5. The summed E-state index contributed by atoms with van der Waals surface area (Å²) in [5.41, 5.74) is 5.86. The predicted octanol–water partition coefficient (Wildman–Crippen LogP) is 1.16. The average molecular weight is 332 g/mol. The summed E-state index contributed by atoms with van der Waals surface area (Å²) in [7, 11) is 0. The minimum atomic E-state index is -1.04. The van der Waals surface area contributed by atoms with Crippen molar-refractivity contribution in [1.82, 2.24) is 15.6 Å². The first-order valence-electron chi connectivity index (χ1n) is 8.01. The van der Waals surface area contributed by atoms with Crippen molar-refractivity contribution in [2.75, 3.05) is 12.0 Å². The molecular formula is C16H20N4O4. The number of carbonyl (C=O) groups is 3. The van der Waals surface area contributed by atoms with Crippen LogP contribution in [-0.4, -0.2) is 46.5 Å². The number of hydrazine groups is 1. The monoisotopic (exact) mass is 332 g/mol. The molecule has 1 aliphatic carbocycles. The molecule has 0 unspecified atom stereocenters. The Kier molecular flexibility index (Phi) is 4.54. The molecule has 0 spiro atoms. The molecule has 1 saturated heterocycles. The van der Waals surface area contributed by atoms with E-state index >= 15 is 0 Å². The van der Waals surface area contributed by atoms with Gasteiger partial charge in [0, 0.05) is 12.6 Å². The maximum absolute atomic E-state index is 12.3. The summed E-state index contributed by atoms with van der Waals surface area (Å²) in [4.78, 5) is 37.0. The molecule has 1 heterocycles. The van der Waals surface area contributed by atoms with Crippen molar-refractivity contribution in [3.63, 3.8) is 0 Å². The number of carboxylic acid groups (broad SMARTS) is 1. The summed E-state index contributed by atoms with van der Waals surface area (Å²) in [6.45, 7) is 0.561. The third-order valence-corrected chi connectivity index (χ3v) is 4.16. The van der Waals surface area contributed by atoms with E-state index in [9.17, 15) is 14.4 Å². The molecule has 1 aromatic rings. The fourth-order valence-corrected chi connectivity index (χ4v) is 2.71. The number of carbonyl (C=O) groups excluding carboxylic acids is 2. The number of aromatic carboxylic acids is 1. The smallest absolute Gasteiger partial charge is 0.335 e. The Morgan fingerprint density at radius 2 is 1.96 bits per heavy atom. The zero-order valence-corrected chi connectivity index (χ0v) is 13.1. The lowest BCUT2D eigenvalue weighted by Crippen LogP contribution is -2.51. The van der Waals surface area contributed by atoms with Crippen LogP contribution in [0.4, 0.5) is 10.5 Å². The number of benzene rings is 1. The molecule has 0 aromatic heterocycles.